The number of benzene rings is 2. The van der Waals surface area contributed by atoms with E-state index >= 15 is 0 Å². The van der Waals surface area contributed by atoms with E-state index in [1.165, 1.54) is 0 Å². The molecule has 0 saturated carbocycles. The lowest BCUT2D eigenvalue weighted by Crippen LogP contribution is -2.17. The molecule has 1 heterocycles. The maximum absolute atomic E-state index is 12.4. The average molecular weight is 401 g/mol. The van der Waals surface area contributed by atoms with E-state index in [0.29, 0.717) is 28.8 Å². The Kier molecular flexibility index (Phi) is 6.34. The average Bonchev–Trinajstić information content (AvgIpc) is 3.03. The number of hydrogen-bond donors (Lipinski definition) is 1. The van der Waals surface area contributed by atoms with Gasteiger partial charge in [-0.25, -0.2) is 4.79 Å². The Morgan fingerprint density at radius 2 is 1.93 bits per heavy atom. The van der Waals surface area contributed by atoms with Crippen molar-refractivity contribution in [3.63, 3.8) is 0 Å². The highest BCUT2D eigenvalue weighted by atomic mass is 35.5. The molecule has 2 aromatic carbocycles. The van der Waals surface area contributed by atoms with Crippen LogP contribution < -0.4 is 5.32 Å². The number of carbonyl (C=O) groups is 1. The van der Waals surface area contributed by atoms with Crippen LogP contribution in [0.5, 0.6) is 0 Å². The first-order valence-electron chi connectivity index (χ1n) is 8.76. The zero-order valence-corrected chi connectivity index (χ0v) is 16.6. The molecule has 0 bridgehead atoms. The highest BCUT2D eigenvalue weighted by Gasteiger charge is 2.20. The molecule has 28 heavy (non-hydrogen) atoms. The van der Waals surface area contributed by atoms with Gasteiger partial charge >= 0.3 is 6.09 Å². The SMILES string of the molecule is COCc1ccc(-c2onc(C)c2NC(=O)OC(C)c2ccccc2Cl)cc1. The molecule has 6 nitrogen and oxygen atoms in total. The van der Waals surface area contributed by atoms with Crippen LogP contribution in [-0.4, -0.2) is 18.4 Å². The third-order valence-electron chi connectivity index (χ3n) is 4.24. The lowest BCUT2D eigenvalue weighted by Gasteiger charge is -2.15. The minimum Gasteiger partial charge on any atom is -0.441 e. The topological polar surface area (TPSA) is 73.6 Å². The number of carbonyl (C=O) groups excluding carboxylic acids is 1. The van der Waals surface area contributed by atoms with Crippen molar-refractivity contribution in [2.75, 3.05) is 12.4 Å². The Balaban J connectivity index is 1.75. The van der Waals surface area contributed by atoms with Gasteiger partial charge in [0, 0.05) is 23.3 Å². The molecule has 0 aliphatic carbocycles. The van der Waals surface area contributed by atoms with Gasteiger partial charge in [-0.2, -0.15) is 0 Å². The van der Waals surface area contributed by atoms with Crippen LogP contribution >= 0.6 is 11.6 Å². The van der Waals surface area contributed by atoms with Gasteiger partial charge < -0.3 is 14.0 Å². The van der Waals surface area contributed by atoms with Gasteiger partial charge in [0.15, 0.2) is 5.76 Å². The van der Waals surface area contributed by atoms with Crippen molar-refractivity contribution in [3.05, 3.63) is 70.4 Å². The van der Waals surface area contributed by atoms with Crippen molar-refractivity contribution in [2.45, 2.75) is 26.6 Å². The third-order valence-corrected chi connectivity index (χ3v) is 4.59. The number of anilines is 1. The van der Waals surface area contributed by atoms with Crippen LogP contribution in [0.4, 0.5) is 10.5 Å². The van der Waals surface area contributed by atoms with E-state index in [0.717, 1.165) is 16.7 Å². The smallest absolute Gasteiger partial charge is 0.412 e. The van der Waals surface area contributed by atoms with Crippen molar-refractivity contribution < 1.29 is 18.8 Å². The Hall–Kier alpha value is -2.83. The van der Waals surface area contributed by atoms with Gasteiger partial charge in [-0.05, 0) is 25.5 Å². The van der Waals surface area contributed by atoms with E-state index < -0.39 is 12.2 Å². The van der Waals surface area contributed by atoms with Gasteiger partial charge in [0.1, 0.15) is 17.5 Å². The van der Waals surface area contributed by atoms with Crippen LogP contribution in [0.2, 0.25) is 5.02 Å². The first-order valence-corrected chi connectivity index (χ1v) is 9.14. The third kappa shape index (κ3) is 4.52. The van der Waals surface area contributed by atoms with Crippen LogP contribution in [0.25, 0.3) is 11.3 Å². The Morgan fingerprint density at radius 3 is 2.61 bits per heavy atom. The van der Waals surface area contributed by atoms with E-state index in [1.54, 1.807) is 27.0 Å². The Morgan fingerprint density at radius 1 is 1.21 bits per heavy atom. The zero-order chi connectivity index (χ0) is 20.1. The van der Waals surface area contributed by atoms with Crippen molar-refractivity contribution in [1.29, 1.82) is 0 Å². The lowest BCUT2D eigenvalue weighted by molar-refractivity contribution is 0.121. The molecule has 146 valence electrons. The molecule has 3 aromatic rings. The molecule has 3 rings (SSSR count). The van der Waals surface area contributed by atoms with Crippen LogP contribution in [0, 0.1) is 6.92 Å². The van der Waals surface area contributed by atoms with Gasteiger partial charge in [0.25, 0.3) is 0 Å². The quantitative estimate of drug-likeness (QED) is 0.569. The predicted octanol–water partition coefficient (Wildman–Crippen LogP) is 5.76. The number of nitrogens with one attached hydrogen (secondary N) is 1. The highest BCUT2D eigenvalue weighted by Crippen LogP contribution is 2.32. The molecule has 1 aromatic heterocycles. The predicted molar refractivity (Wildman–Crippen MR) is 107 cm³/mol. The number of halogens is 1. The molecule has 0 aliphatic heterocycles. The summed E-state index contributed by atoms with van der Waals surface area (Å²) in [4.78, 5) is 12.4. The molecule has 7 heteroatoms. The molecule has 0 saturated heterocycles. The van der Waals surface area contributed by atoms with Gasteiger partial charge in [0.2, 0.25) is 0 Å². The second-order valence-corrected chi connectivity index (χ2v) is 6.70. The fourth-order valence-corrected chi connectivity index (χ4v) is 3.08. The lowest BCUT2D eigenvalue weighted by atomic mass is 10.1. The van der Waals surface area contributed by atoms with E-state index in [1.807, 2.05) is 42.5 Å². The largest absolute Gasteiger partial charge is 0.441 e. The van der Waals surface area contributed by atoms with Crippen molar-refractivity contribution in [3.8, 4) is 11.3 Å². The first-order chi connectivity index (χ1) is 13.5. The molecular formula is C21H21ClN2O4. The maximum Gasteiger partial charge on any atom is 0.412 e. The number of methoxy groups -OCH3 is 1. The van der Waals surface area contributed by atoms with E-state index in [9.17, 15) is 4.79 Å². The second kappa shape index (κ2) is 8.91. The molecule has 1 amide bonds. The van der Waals surface area contributed by atoms with Gasteiger partial charge in [-0.1, -0.05) is 59.2 Å². The number of ether oxygens (including phenoxy) is 2. The molecule has 1 unspecified atom stereocenters. The van der Waals surface area contributed by atoms with E-state index in [-0.39, 0.29) is 0 Å². The van der Waals surface area contributed by atoms with Gasteiger partial charge in [-0.3, -0.25) is 5.32 Å². The van der Waals surface area contributed by atoms with Crippen LogP contribution in [0.3, 0.4) is 0 Å². The molecular weight excluding hydrogens is 380 g/mol. The standard InChI is InChI=1S/C21H21ClN2O4/c1-13-19(20(28-24-13)16-10-8-15(9-11-16)12-26-3)23-21(25)27-14(2)17-6-4-5-7-18(17)22/h4-11,14H,12H2,1-3H3,(H,23,25). The summed E-state index contributed by atoms with van der Waals surface area (Å²) in [6.07, 6.45) is -1.12. The summed E-state index contributed by atoms with van der Waals surface area (Å²) in [5.41, 5.74) is 3.57. The molecule has 0 spiro atoms. The Labute approximate surface area is 168 Å². The summed E-state index contributed by atoms with van der Waals surface area (Å²) in [5.74, 6) is 0.462. The highest BCUT2D eigenvalue weighted by molar-refractivity contribution is 6.31. The van der Waals surface area contributed by atoms with Crippen molar-refractivity contribution in [2.24, 2.45) is 0 Å². The maximum atomic E-state index is 12.4. The van der Waals surface area contributed by atoms with Crippen LogP contribution in [-0.2, 0) is 16.1 Å². The minimum absolute atomic E-state index is 0.462. The summed E-state index contributed by atoms with van der Waals surface area (Å²) in [6.45, 7) is 4.03. The summed E-state index contributed by atoms with van der Waals surface area (Å²) in [6, 6.07) is 14.9. The van der Waals surface area contributed by atoms with Gasteiger partial charge in [0.05, 0.1) is 6.61 Å². The number of amides is 1. The fraction of sp³-hybridized carbons (Fsp3) is 0.238. The summed E-state index contributed by atoms with van der Waals surface area (Å²) < 4.78 is 16.0. The molecule has 0 fully saturated rings. The van der Waals surface area contributed by atoms with Crippen LogP contribution in [0.1, 0.15) is 29.8 Å². The summed E-state index contributed by atoms with van der Waals surface area (Å²) >= 11 is 6.17. The zero-order valence-electron chi connectivity index (χ0n) is 15.9. The normalized spacial score (nSPS) is 11.9. The van der Waals surface area contributed by atoms with E-state index in [4.69, 9.17) is 25.6 Å². The molecule has 1 N–H and O–H groups in total. The van der Waals surface area contributed by atoms with E-state index in [2.05, 4.69) is 10.5 Å². The molecule has 0 aliphatic rings. The van der Waals surface area contributed by atoms with Crippen LogP contribution in [0.15, 0.2) is 53.1 Å². The Bertz CT molecular complexity index is 953. The van der Waals surface area contributed by atoms with Gasteiger partial charge in [-0.15, -0.1) is 0 Å². The number of aryl methyl sites for hydroxylation is 1. The van der Waals surface area contributed by atoms with Crippen molar-refractivity contribution >= 4 is 23.4 Å². The minimum atomic E-state index is -0.615. The number of hydrogen-bond acceptors (Lipinski definition) is 5. The monoisotopic (exact) mass is 400 g/mol. The number of nitrogens with zero attached hydrogens (tertiary/aromatic N) is 1. The molecule has 0 radical (unpaired) electrons. The van der Waals surface area contributed by atoms with Crippen molar-refractivity contribution in [1.82, 2.24) is 5.16 Å². The first kappa shape index (κ1) is 19.9. The number of rotatable bonds is 6. The second-order valence-electron chi connectivity index (χ2n) is 6.30. The molecule has 1 atom stereocenters. The fourth-order valence-electron chi connectivity index (χ4n) is 2.79. The summed E-state index contributed by atoms with van der Waals surface area (Å²) in [7, 11) is 1.64. The summed E-state index contributed by atoms with van der Waals surface area (Å²) in [5, 5.41) is 7.24. The number of aromatic nitrogens is 1.